The van der Waals surface area contributed by atoms with Crippen molar-refractivity contribution in [1.29, 1.82) is 0 Å². The van der Waals surface area contributed by atoms with E-state index in [4.69, 9.17) is 4.74 Å². The van der Waals surface area contributed by atoms with Gasteiger partial charge in [-0.15, -0.1) is 11.3 Å². The maximum absolute atomic E-state index is 12.7. The van der Waals surface area contributed by atoms with E-state index < -0.39 is 0 Å². The molecule has 0 saturated carbocycles. The Kier molecular flexibility index (Phi) is 5.75. The number of anilines is 1. The van der Waals surface area contributed by atoms with E-state index in [1.54, 1.807) is 24.5 Å². The van der Waals surface area contributed by atoms with Crippen molar-refractivity contribution in [1.82, 2.24) is 15.0 Å². The number of ether oxygens (including phenoxy) is 1. The van der Waals surface area contributed by atoms with Gasteiger partial charge in [-0.1, -0.05) is 20.8 Å². The minimum absolute atomic E-state index is 0.00832. The van der Waals surface area contributed by atoms with Gasteiger partial charge in [0.2, 0.25) is 0 Å². The number of carbonyl (C=O) groups is 1. The normalized spacial score (nSPS) is 11.3. The van der Waals surface area contributed by atoms with Crippen molar-refractivity contribution in [3.8, 4) is 11.5 Å². The second-order valence-electron chi connectivity index (χ2n) is 6.99. The Morgan fingerprint density at radius 2 is 1.85 bits per heavy atom. The van der Waals surface area contributed by atoms with E-state index in [9.17, 15) is 4.79 Å². The maximum atomic E-state index is 12.7. The van der Waals surface area contributed by atoms with Gasteiger partial charge in [0.05, 0.1) is 18.1 Å². The lowest BCUT2D eigenvalue weighted by molar-refractivity contribution is 0.102. The van der Waals surface area contributed by atoms with Gasteiger partial charge in [0.25, 0.3) is 5.91 Å². The highest BCUT2D eigenvalue weighted by Gasteiger charge is 2.22. The van der Waals surface area contributed by atoms with E-state index in [1.807, 2.05) is 13.0 Å². The van der Waals surface area contributed by atoms with E-state index in [-0.39, 0.29) is 11.3 Å². The van der Waals surface area contributed by atoms with Crippen LogP contribution < -0.4 is 10.1 Å². The molecule has 3 aromatic rings. The van der Waals surface area contributed by atoms with E-state index in [0.29, 0.717) is 22.2 Å². The molecule has 1 amide bonds. The van der Waals surface area contributed by atoms with Crippen molar-refractivity contribution >= 4 is 45.0 Å². The summed E-state index contributed by atoms with van der Waals surface area (Å²) in [4.78, 5) is 26.2. The molecular formula is C19H19IN4O2S. The van der Waals surface area contributed by atoms with Crippen molar-refractivity contribution in [2.75, 3.05) is 5.32 Å². The first kappa shape index (κ1) is 19.7. The molecule has 0 unspecified atom stereocenters. The Hall–Kier alpha value is -2.07. The van der Waals surface area contributed by atoms with Crippen LogP contribution in [0, 0.1) is 10.5 Å². The fourth-order valence-corrected chi connectivity index (χ4v) is 4.20. The molecule has 0 aliphatic rings. The van der Waals surface area contributed by atoms with Gasteiger partial charge in [0.1, 0.15) is 12.1 Å². The second kappa shape index (κ2) is 7.89. The second-order valence-corrected chi connectivity index (χ2v) is 9.23. The van der Waals surface area contributed by atoms with Crippen LogP contribution in [-0.2, 0) is 5.41 Å². The van der Waals surface area contributed by atoms with Crippen LogP contribution in [-0.4, -0.2) is 20.9 Å². The van der Waals surface area contributed by atoms with Gasteiger partial charge in [0, 0.05) is 14.0 Å². The Balaban J connectivity index is 1.81. The zero-order valence-electron chi connectivity index (χ0n) is 15.4. The van der Waals surface area contributed by atoms with Crippen LogP contribution in [0.1, 0.15) is 41.7 Å². The summed E-state index contributed by atoms with van der Waals surface area (Å²) >= 11 is 3.66. The molecular weight excluding hydrogens is 475 g/mol. The van der Waals surface area contributed by atoms with Crippen LogP contribution in [0.2, 0.25) is 0 Å². The topological polar surface area (TPSA) is 77.0 Å². The van der Waals surface area contributed by atoms with E-state index in [1.165, 1.54) is 17.7 Å². The number of thiazole rings is 1. The highest BCUT2D eigenvalue weighted by atomic mass is 127. The summed E-state index contributed by atoms with van der Waals surface area (Å²) in [5.41, 5.74) is 1.43. The summed E-state index contributed by atoms with van der Waals surface area (Å²) in [6.45, 7) is 8.37. The summed E-state index contributed by atoms with van der Waals surface area (Å²) in [6.07, 6.45) is 4.57. The minimum Gasteiger partial charge on any atom is -0.454 e. The van der Waals surface area contributed by atoms with Crippen LogP contribution in [0.25, 0.3) is 0 Å². The Morgan fingerprint density at radius 3 is 2.48 bits per heavy atom. The Bertz CT molecular complexity index is 968. The molecule has 6 nitrogen and oxygen atoms in total. The van der Waals surface area contributed by atoms with E-state index in [2.05, 4.69) is 63.6 Å². The van der Waals surface area contributed by atoms with Crippen LogP contribution in [0.5, 0.6) is 11.5 Å². The van der Waals surface area contributed by atoms with Crippen LogP contribution in [0.3, 0.4) is 0 Å². The fraction of sp³-hybridized carbons (Fsp3) is 0.263. The average Bonchev–Trinajstić information content (AvgIpc) is 2.96. The smallest absolute Gasteiger partial charge is 0.257 e. The number of benzene rings is 1. The monoisotopic (exact) mass is 494 g/mol. The molecule has 0 aliphatic heterocycles. The summed E-state index contributed by atoms with van der Waals surface area (Å²) < 4.78 is 6.63. The van der Waals surface area contributed by atoms with Gasteiger partial charge in [-0.2, -0.15) is 0 Å². The molecule has 0 atom stereocenters. The third kappa shape index (κ3) is 5.01. The summed E-state index contributed by atoms with van der Waals surface area (Å²) in [5.74, 6) is 0.834. The van der Waals surface area contributed by atoms with E-state index in [0.717, 1.165) is 14.1 Å². The Morgan fingerprint density at radius 1 is 1.15 bits per heavy atom. The third-order valence-electron chi connectivity index (χ3n) is 3.60. The highest BCUT2D eigenvalue weighted by Crippen LogP contribution is 2.34. The van der Waals surface area contributed by atoms with Gasteiger partial charge in [-0.05, 0) is 53.1 Å². The van der Waals surface area contributed by atoms with Crippen LogP contribution in [0.4, 0.5) is 5.13 Å². The number of carbonyl (C=O) groups excluding carboxylic acids is 1. The lowest BCUT2D eigenvalue weighted by Crippen LogP contribution is -2.12. The van der Waals surface area contributed by atoms with Crippen molar-refractivity contribution in [3.63, 3.8) is 0 Å². The molecule has 0 radical (unpaired) electrons. The van der Waals surface area contributed by atoms with Gasteiger partial charge < -0.3 is 4.74 Å². The number of nitrogens with zero attached hydrogens (tertiary/aromatic N) is 3. The number of aryl methyl sites for hydroxylation is 1. The highest BCUT2D eigenvalue weighted by molar-refractivity contribution is 14.1. The van der Waals surface area contributed by atoms with Crippen LogP contribution >= 0.6 is 33.9 Å². The maximum Gasteiger partial charge on any atom is 0.257 e. The SMILES string of the molecule is Cc1nc(NC(=O)c2cc(I)cc(Oc3cncnc3)c2)sc1C(C)(C)C. The molecule has 3 rings (SSSR count). The average molecular weight is 494 g/mol. The lowest BCUT2D eigenvalue weighted by Gasteiger charge is -2.16. The molecule has 1 N–H and O–H groups in total. The number of halogens is 1. The van der Waals surface area contributed by atoms with Gasteiger partial charge >= 0.3 is 0 Å². The third-order valence-corrected chi connectivity index (χ3v) is 5.73. The molecule has 8 heteroatoms. The predicted octanol–water partition coefficient (Wildman–Crippen LogP) is 5.19. The molecule has 0 aliphatic carbocycles. The number of aromatic nitrogens is 3. The van der Waals surface area contributed by atoms with Gasteiger partial charge in [-0.3, -0.25) is 10.1 Å². The molecule has 140 valence electrons. The number of hydrogen-bond acceptors (Lipinski definition) is 6. The summed E-state index contributed by atoms with van der Waals surface area (Å²) in [5, 5.41) is 3.49. The Labute approximate surface area is 175 Å². The first-order valence-electron chi connectivity index (χ1n) is 8.25. The van der Waals surface area contributed by atoms with E-state index >= 15 is 0 Å². The molecule has 2 aromatic heterocycles. The quantitative estimate of drug-likeness (QED) is 0.506. The zero-order valence-corrected chi connectivity index (χ0v) is 18.4. The fourth-order valence-electron chi connectivity index (χ4n) is 2.54. The van der Waals surface area contributed by atoms with Crippen molar-refractivity contribution in [3.05, 3.63) is 56.6 Å². The van der Waals surface area contributed by atoms with Crippen molar-refractivity contribution < 1.29 is 9.53 Å². The molecule has 0 fully saturated rings. The van der Waals surface area contributed by atoms with Crippen molar-refractivity contribution in [2.24, 2.45) is 0 Å². The summed E-state index contributed by atoms with van der Waals surface area (Å²) in [6, 6.07) is 5.33. The number of hydrogen-bond donors (Lipinski definition) is 1. The molecule has 0 spiro atoms. The first-order chi connectivity index (χ1) is 12.7. The van der Waals surface area contributed by atoms with Gasteiger partial charge in [0.15, 0.2) is 10.9 Å². The number of nitrogens with one attached hydrogen (secondary N) is 1. The molecule has 0 saturated heterocycles. The zero-order chi connectivity index (χ0) is 19.6. The molecule has 2 heterocycles. The lowest BCUT2D eigenvalue weighted by atomic mass is 9.94. The molecule has 1 aromatic carbocycles. The predicted molar refractivity (Wildman–Crippen MR) is 115 cm³/mol. The largest absolute Gasteiger partial charge is 0.454 e. The number of rotatable bonds is 4. The van der Waals surface area contributed by atoms with Crippen molar-refractivity contribution in [2.45, 2.75) is 33.1 Å². The molecule has 0 bridgehead atoms. The minimum atomic E-state index is -0.225. The summed E-state index contributed by atoms with van der Waals surface area (Å²) in [7, 11) is 0. The number of amides is 1. The van der Waals surface area contributed by atoms with Crippen LogP contribution in [0.15, 0.2) is 36.9 Å². The first-order valence-corrected chi connectivity index (χ1v) is 10.1. The standard InChI is InChI=1S/C19H19IN4O2S/c1-11-16(19(2,3)4)27-18(23-11)24-17(25)12-5-13(20)7-14(6-12)26-15-8-21-10-22-9-15/h5-10H,1-4H3,(H,23,24,25). The van der Waals surface area contributed by atoms with Gasteiger partial charge in [-0.25, -0.2) is 15.0 Å². The molecule has 27 heavy (non-hydrogen) atoms.